The van der Waals surface area contributed by atoms with Crippen LogP contribution < -0.4 is 5.32 Å². The fraction of sp³-hybridized carbons (Fsp3) is 0.300. The second-order valence-corrected chi connectivity index (χ2v) is 8.16. The van der Waals surface area contributed by atoms with Gasteiger partial charge in [0.2, 0.25) is 0 Å². The summed E-state index contributed by atoms with van der Waals surface area (Å²) in [6, 6.07) is 5.29. The van der Waals surface area contributed by atoms with Crippen molar-refractivity contribution in [3.8, 4) is 0 Å². The van der Waals surface area contributed by atoms with Crippen LogP contribution in [0.15, 0.2) is 36.7 Å². The van der Waals surface area contributed by atoms with Crippen LogP contribution in [0.4, 0.5) is 13.9 Å². The highest BCUT2D eigenvalue weighted by Crippen LogP contribution is 2.21. The number of carbonyl (C=O) groups excluding carboxylic acids is 1. The van der Waals surface area contributed by atoms with E-state index in [0.29, 0.717) is 22.3 Å². The highest BCUT2D eigenvalue weighted by Gasteiger charge is 2.17. The zero-order chi connectivity index (χ0) is 19.6. The lowest BCUT2D eigenvalue weighted by Gasteiger charge is -2.10. The van der Waals surface area contributed by atoms with Crippen LogP contribution in [-0.4, -0.2) is 15.5 Å². The molecule has 0 saturated heterocycles. The van der Waals surface area contributed by atoms with Crippen molar-refractivity contribution in [3.05, 3.63) is 70.0 Å². The van der Waals surface area contributed by atoms with E-state index in [1.165, 1.54) is 23.5 Å². The molecular weight excluding hydrogens is 368 g/mol. The maximum absolute atomic E-state index is 14.1. The molecule has 142 valence electrons. The first-order valence-electron chi connectivity index (χ1n) is 8.68. The van der Waals surface area contributed by atoms with Gasteiger partial charge in [-0.1, -0.05) is 19.9 Å². The van der Waals surface area contributed by atoms with Crippen LogP contribution in [0, 0.1) is 24.5 Å². The van der Waals surface area contributed by atoms with Gasteiger partial charge in [0.25, 0.3) is 5.91 Å². The van der Waals surface area contributed by atoms with Gasteiger partial charge in [0.15, 0.2) is 5.13 Å². The molecule has 1 aromatic carbocycles. The van der Waals surface area contributed by atoms with E-state index >= 15 is 0 Å². The third-order valence-corrected chi connectivity index (χ3v) is 4.86. The van der Waals surface area contributed by atoms with E-state index in [1.807, 2.05) is 19.2 Å². The van der Waals surface area contributed by atoms with Gasteiger partial charge in [-0.2, -0.15) is 0 Å². The zero-order valence-electron chi connectivity index (χ0n) is 15.4. The van der Waals surface area contributed by atoms with Crippen molar-refractivity contribution in [1.82, 2.24) is 9.55 Å². The molecule has 4 nitrogen and oxygen atoms in total. The van der Waals surface area contributed by atoms with Crippen molar-refractivity contribution in [2.45, 2.75) is 33.7 Å². The number of nitrogens with zero attached hydrogens (tertiary/aromatic N) is 2. The number of hydrogen-bond donors (Lipinski definition) is 1. The third-order valence-electron chi connectivity index (χ3n) is 4.03. The number of aromatic nitrogens is 2. The summed E-state index contributed by atoms with van der Waals surface area (Å²) < 4.78 is 28.9. The first-order chi connectivity index (χ1) is 12.8. The number of halogens is 2. The molecule has 0 fully saturated rings. The summed E-state index contributed by atoms with van der Waals surface area (Å²) in [5.41, 5.74) is 1.73. The molecule has 1 N–H and O–H groups in total. The second-order valence-electron chi connectivity index (χ2n) is 6.93. The zero-order valence-corrected chi connectivity index (χ0v) is 16.2. The largest absolute Gasteiger partial charge is 0.339 e. The summed E-state index contributed by atoms with van der Waals surface area (Å²) >= 11 is 1.39. The number of nitrogens with one attached hydrogen (secondary N) is 1. The number of carbonyl (C=O) groups is 1. The highest BCUT2D eigenvalue weighted by atomic mass is 32.1. The first-order valence-corrected chi connectivity index (χ1v) is 9.50. The summed E-state index contributed by atoms with van der Waals surface area (Å²) in [6.45, 7) is 6.24. The number of amides is 1. The lowest BCUT2D eigenvalue weighted by molar-refractivity contribution is 0.101. The Kier molecular flexibility index (Phi) is 5.70. The fourth-order valence-corrected chi connectivity index (χ4v) is 3.54. The van der Waals surface area contributed by atoms with Gasteiger partial charge in [0, 0.05) is 28.9 Å². The van der Waals surface area contributed by atoms with E-state index in [1.54, 1.807) is 10.8 Å². The Balaban J connectivity index is 1.90. The van der Waals surface area contributed by atoms with Gasteiger partial charge in [-0.05, 0) is 37.0 Å². The predicted molar refractivity (Wildman–Crippen MR) is 103 cm³/mol. The van der Waals surface area contributed by atoms with Crippen LogP contribution in [-0.2, 0) is 13.0 Å². The van der Waals surface area contributed by atoms with Crippen LogP contribution in [0.1, 0.15) is 40.3 Å². The normalized spacial score (nSPS) is 11.2. The first kappa shape index (κ1) is 19.2. The van der Waals surface area contributed by atoms with Gasteiger partial charge in [-0.25, -0.2) is 13.8 Å². The molecule has 7 heteroatoms. The maximum atomic E-state index is 14.1. The highest BCUT2D eigenvalue weighted by molar-refractivity contribution is 7.15. The Bertz CT molecular complexity index is 962. The lowest BCUT2D eigenvalue weighted by Crippen LogP contribution is -2.17. The lowest BCUT2D eigenvalue weighted by atomic mass is 10.1. The molecule has 2 aromatic heterocycles. The molecule has 0 saturated carbocycles. The van der Waals surface area contributed by atoms with Crippen molar-refractivity contribution >= 4 is 22.4 Å². The van der Waals surface area contributed by atoms with Crippen molar-refractivity contribution in [2.24, 2.45) is 5.92 Å². The molecule has 0 radical (unpaired) electrons. The molecule has 0 spiro atoms. The van der Waals surface area contributed by atoms with Crippen LogP contribution in [0.2, 0.25) is 0 Å². The molecule has 0 aliphatic rings. The Morgan fingerprint density at radius 3 is 2.70 bits per heavy atom. The molecule has 0 aliphatic carbocycles. The Morgan fingerprint density at radius 2 is 2.07 bits per heavy atom. The van der Waals surface area contributed by atoms with Crippen molar-refractivity contribution in [3.63, 3.8) is 0 Å². The topological polar surface area (TPSA) is 46.9 Å². The van der Waals surface area contributed by atoms with Gasteiger partial charge >= 0.3 is 0 Å². The van der Waals surface area contributed by atoms with Gasteiger partial charge < -0.3 is 4.57 Å². The molecule has 0 unspecified atom stereocenters. The monoisotopic (exact) mass is 389 g/mol. The molecule has 2 heterocycles. The molecule has 3 aromatic rings. The molecule has 0 aliphatic heterocycles. The van der Waals surface area contributed by atoms with Crippen molar-refractivity contribution < 1.29 is 13.6 Å². The van der Waals surface area contributed by atoms with Gasteiger partial charge in [-0.15, -0.1) is 11.3 Å². The Labute approximate surface area is 160 Å². The minimum Gasteiger partial charge on any atom is -0.339 e. The summed E-state index contributed by atoms with van der Waals surface area (Å²) in [5, 5.41) is 3.31. The quantitative estimate of drug-likeness (QED) is 0.643. The number of aryl methyl sites for hydroxylation is 1. The van der Waals surface area contributed by atoms with E-state index in [9.17, 15) is 13.6 Å². The van der Waals surface area contributed by atoms with Crippen LogP contribution >= 0.6 is 11.3 Å². The average molecular weight is 389 g/mol. The maximum Gasteiger partial charge on any atom is 0.274 e. The van der Waals surface area contributed by atoms with Crippen LogP contribution in [0.5, 0.6) is 0 Å². The van der Waals surface area contributed by atoms with Gasteiger partial charge in [0.1, 0.15) is 17.3 Å². The minimum absolute atomic E-state index is 0.143. The minimum atomic E-state index is -0.629. The number of thiazole rings is 1. The predicted octanol–water partition coefficient (Wildman–Crippen LogP) is 5.03. The smallest absolute Gasteiger partial charge is 0.274 e. The SMILES string of the molecule is Cc1cnc(NC(=O)c2cc(CC(C)C)cn2Cc2ccc(F)cc2F)s1. The number of rotatable bonds is 6. The second kappa shape index (κ2) is 8.00. The summed E-state index contributed by atoms with van der Waals surface area (Å²) in [6.07, 6.45) is 4.35. The number of hydrogen-bond acceptors (Lipinski definition) is 3. The van der Waals surface area contributed by atoms with E-state index in [4.69, 9.17) is 0 Å². The Morgan fingerprint density at radius 1 is 1.30 bits per heavy atom. The fourth-order valence-electron chi connectivity index (χ4n) is 2.88. The third kappa shape index (κ3) is 4.80. The van der Waals surface area contributed by atoms with E-state index in [0.717, 1.165) is 22.9 Å². The van der Waals surface area contributed by atoms with Crippen molar-refractivity contribution in [2.75, 3.05) is 5.32 Å². The van der Waals surface area contributed by atoms with Gasteiger partial charge in [-0.3, -0.25) is 10.1 Å². The molecular formula is C20H21F2N3OS. The standard InChI is InChI=1S/C20H21F2N3OS/c1-12(2)6-14-7-18(19(26)24-20-23-9-13(3)27-20)25(10-14)11-15-4-5-16(21)8-17(15)22/h4-5,7-10,12H,6,11H2,1-3H3,(H,23,24,26). The molecule has 0 atom stereocenters. The van der Waals surface area contributed by atoms with Crippen LogP contribution in [0.25, 0.3) is 0 Å². The molecule has 27 heavy (non-hydrogen) atoms. The number of benzene rings is 1. The van der Waals surface area contributed by atoms with E-state index in [-0.39, 0.29) is 12.5 Å². The molecule has 1 amide bonds. The summed E-state index contributed by atoms with van der Waals surface area (Å²) in [7, 11) is 0. The average Bonchev–Trinajstić information content (AvgIpc) is 3.15. The summed E-state index contributed by atoms with van der Waals surface area (Å²) in [5.74, 6) is -1.14. The van der Waals surface area contributed by atoms with Gasteiger partial charge in [0.05, 0.1) is 6.54 Å². The van der Waals surface area contributed by atoms with E-state index in [2.05, 4.69) is 24.1 Å². The van der Waals surface area contributed by atoms with Crippen molar-refractivity contribution in [1.29, 1.82) is 0 Å². The Hall–Kier alpha value is -2.54. The summed E-state index contributed by atoms with van der Waals surface area (Å²) in [4.78, 5) is 17.9. The molecule has 3 rings (SSSR count). The molecule has 0 bridgehead atoms. The van der Waals surface area contributed by atoms with E-state index < -0.39 is 11.6 Å². The van der Waals surface area contributed by atoms with Crippen LogP contribution in [0.3, 0.4) is 0 Å². The number of anilines is 1.